The van der Waals surface area contributed by atoms with Crippen molar-refractivity contribution in [2.75, 3.05) is 0 Å². The highest BCUT2D eigenvalue weighted by Crippen LogP contribution is 2.36. The second-order valence-electron chi connectivity index (χ2n) is 8.88. The Morgan fingerprint density at radius 1 is 0.611 bits per heavy atom. The minimum atomic E-state index is -0.466. The average molecular weight is 489 g/mol. The summed E-state index contributed by atoms with van der Waals surface area (Å²) in [6.45, 7) is 11.4. The molecule has 2 aromatic carbocycles. The van der Waals surface area contributed by atoms with Crippen molar-refractivity contribution in [1.29, 1.82) is 0 Å². The molecule has 0 unspecified atom stereocenters. The molecule has 0 amide bonds. The molecule has 0 aliphatic rings. The van der Waals surface area contributed by atoms with Crippen LogP contribution in [-0.4, -0.2) is 11.9 Å². The smallest absolute Gasteiger partial charge is 0.335 e. The lowest BCUT2D eigenvalue weighted by atomic mass is 9.87. The van der Waals surface area contributed by atoms with Gasteiger partial charge in [0, 0.05) is 12.2 Å². The van der Waals surface area contributed by atoms with Gasteiger partial charge in [-0.1, -0.05) is 89.8 Å². The van der Waals surface area contributed by atoms with Gasteiger partial charge in [0.2, 0.25) is 0 Å². The number of hydrogen-bond acceptors (Lipinski definition) is 4. The summed E-state index contributed by atoms with van der Waals surface area (Å²) in [5.41, 5.74) is 4.91. The average Bonchev–Trinajstić information content (AvgIpc) is 2.90. The molecule has 0 radical (unpaired) electrons. The van der Waals surface area contributed by atoms with Gasteiger partial charge in [-0.25, -0.2) is 9.59 Å². The van der Waals surface area contributed by atoms with Crippen LogP contribution >= 0.6 is 0 Å². The first-order valence-corrected chi connectivity index (χ1v) is 13.1. The van der Waals surface area contributed by atoms with E-state index < -0.39 is 11.9 Å². The van der Waals surface area contributed by atoms with E-state index in [2.05, 4.69) is 27.0 Å². The largest absolute Gasteiger partial charge is 0.423 e. The number of ether oxygens (including phenoxy) is 2. The Labute approximate surface area is 216 Å². The SMILES string of the molecule is C=CC(=O)Oc1ccc(C(CCCCCC)=C(CCCCCC)c2ccc(OC(=O)C=C)cc2)cc1. The van der Waals surface area contributed by atoms with Crippen molar-refractivity contribution in [2.24, 2.45) is 0 Å². The molecule has 0 aliphatic carbocycles. The van der Waals surface area contributed by atoms with Crippen molar-refractivity contribution in [3.8, 4) is 11.5 Å². The van der Waals surface area contributed by atoms with Gasteiger partial charge in [0.25, 0.3) is 0 Å². The zero-order valence-corrected chi connectivity index (χ0v) is 21.9. The van der Waals surface area contributed by atoms with Crippen LogP contribution in [0.1, 0.15) is 89.2 Å². The summed E-state index contributed by atoms with van der Waals surface area (Å²) in [7, 11) is 0. The van der Waals surface area contributed by atoms with Crippen LogP contribution < -0.4 is 9.47 Å². The summed E-state index contributed by atoms with van der Waals surface area (Å²) >= 11 is 0. The molecule has 36 heavy (non-hydrogen) atoms. The fourth-order valence-corrected chi connectivity index (χ4v) is 4.16. The molecule has 192 valence electrons. The quantitative estimate of drug-likeness (QED) is 0.0779. The van der Waals surface area contributed by atoms with E-state index in [4.69, 9.17) is 9.47 Å². The maximum Gasteiger partial charge on any atom is 0.335 e. The van der Waals surface area contributed by atoms with Crippen LogP contribution in [0.5, 0.6) is 11.5 Å². The predicted molar refractivity (Wildman–Crippen MR) is 149 cm³/mol. The monoisotopic (exact) mass is 488 g/mol. The first kappa shape index (κ1) is 28.8. The van der Waals surface area contributed by atoms with Crippen LogP contribution in [0.3, 0.4) is 0 Å². The van der Waals surface area contributed by atoms with Gasteiger partial charge >= 0.3 is 11.9 Å². The molecule has 0 spiro atoms. The van der Waals surface area contributed by atoms with Crippen LogP contribution in [0.25, 0.3) is 11.1 Å². The lowest BCUT2D eigenvalue weighted by Crippen LogP contribution is -2.03. The number of carbonyl (C=O) groups excluding carboxylic acids is 2. The third kappa shape index (κ3) is 9.69. The van der Waals surface area contributed by atoms with Crippen molar-refractivity contribution >= 4 is 23.1 Å². The molecular formula is C32H40O4. The molecule has 0 heterocycles. The number of rotatable bonds is 16. The highest BCUT2D eigenvalue weighted by Gasteiger charge is 2.14. The zero-order chi connectivity index (χ0) is 26.2. The Kier molecular flexibility index (Phi) is 13.1. The molecule has 4 heteroatoms. The Morgan fingerprint density at radius 3 is 1.28 bits per heavy atom. The van der Waals surface area contributed by atoms with Gasteiger partial charge in [-0.05, 0) is 72.2 Å². The van der Waals surface area contributed by atoms with E-state index in [0.717, 1.165) is 49.0 Å². The van der Waals surface area contributed by atoms with Gasteiger partial charge in [0.15, 0.2) is 0 Å². The predicted octanol–water partition coefficient (Wildman–Crippen LogP) is 8.72. The minimum Gasteiger partial charge on any atom is -0.423 e. The molecule has 4 nitrogen and oxygen atoms in total. The highest BCUT2D eigenvalue weighted by atomic mass is 16.5. The van der Waals surface area contributed by atoms with Crippen molar-refractivity contribution in [3.63, 3.8) is 0 Å². The van der Waals surface area contributed by atoms with E-state index >= 15 is 0 Å². The summed E-state index contributed by atoms with van der Waals surface area (Å²) < 4.78 is 10.6. The number of carbonyl (C=O) groups is 2. The van der Waals surface area contributed by atoms with Crippen molar-refractivity contribution in [3.05, 3.63) is 85.0 Å². The van der Waals surface area contributed by atoms with Crippen LogP contribution in [0, 0.1) is 0 Å². The highest BCUT2D eigenvalue weighted by molar-refractivity contribution is 5.91. The van der Waals surface area contributed by atoms with E-state index in [0.29, 0.717) is 11.5 Å². The molecule has 0 aromatic heterocycles. The molecule has 0 bridgehead atoms. The second-order valence-corrected chi connectivity index (χ2v) is 8.88. The third-order valence-electron chi connectivity index (χ3n) is 6.10. The van der Waals surface area contributed by atoms with E-state index in [1.165, 1.54) is 49.7 Å². The molecule has 2 rings (SSSR count). The zero-order valence-electron chi connectivity index (χ0n) is 21.9. The van der Waals surface area contributed by atoms with Gasteiger partial charge in [-0.3, -0.25) is 0 Å². The molecule has 0 aliphatic heterocycles. The molecule has 0 atom stereocenters. The Hall–Kier alpha value is -3.40. The summed E-state index contributed by atoms with van der Waals surface area (Å²) in [5.74, 6) is 0.0811. The van der Waals surface area contributed by atoms with E-state index in [-0.39, 0.29) is 0 Å². The summed E-state index contributed by atoms with van der Waals surface area (Å²) in [5, 5.41) is 0. The van der Waals surface area contributed by atoms with Gasteiger partial charge in [0.05, 0.1) is 0 Å². The molecule has 2 aromatic rings. The summed E-state index contributed by atoms with van der Waals surface area (Å²) in [6.07, 6.45) is 13.7. The number of hydrogen-bond donors (Lipinski definition) is 0. The number of unbranched alkanes of at least 4 members (excludes halogenated alkanes) is 6. The van der Waals surface area contributed by atoms with Crippen LogP contribution in [0.15, 0.2) is 73.8 Å². The minimum absolute atomic E-state index is 0.466. The number of benzene rings is 2. The lowest BCUT2D eigenvalue weighted by Gasteiger charge is -2.18. The summed E-state index contributed by atoms with van der Waals surface area (Å²) in [4.78, 5) is 23.2. The Balaban J connectivity index is 2.46. The van der Waals surface area contributed by atoms with Crippen molar-refractivity contribution in [2.45, 2.75) is 78.1 Å². The molecule has 0 saturated heterocycles. The van der Waals surface area contributed by atoms with Crippen molar-refractivity contribution in [1.82, 2.24) is 0 Å². The first-order valence-electron chi connectivity index (χ1n) is 13.1. The second kappa shape index (κ2) is 16.3. The van der Waals surface area contributed by atoms with Gasteiger partial charge < -0.3 is 9.47 Å². The third-order valence-corrected chi connectivity index (χ3v) is 6.10. The maximum atomic E-state index is 11.6. The number of esters is 2. The maximum absolute atomic E-state index is 11.6. The molecular weight excluding hydrogens is 448 g/mol. The number of allylic oxidation sites excluding steroid dienone is 2. The van der Waals surface area contributed by atoms with E-state index in [1.807, 2.05) is 48.5 Å². The van der Waals surface area contributed by atoms with E-state index in [9.17, 15) is 9.59 Å². The molecule has 0 saturated carbocycles. The summed E-state index contributed by atoms with van der Waals surface area (Å²) in [6, 6.07) is 15.5. The van der Waals surface area contributed by atoms with Gasteiger partial charge in [0.1, 0.15) is 11.5 Å². The molecule has 0 N–H and O–H groups in total. The normalized spacial score (nSPS) is 11.4. The molecule has 0 fully saturated rings. The van der Waals surface area contributed by atoms with Crippen LogP contribution in [0.2, 0.25) is 0 Å². The van der Waals surface area contributed by atoms with Crippen LogP contribution in [0.4, 0.5) is 0 Å². The standard InChI is InChI=1S/C32H40O4/c1-5-9-11-13-15-29(25-17-21-27(22-18-25)35-31(33)7-3)30(16-14-12-10-6-2)26-19-23-28(24-20-26)36-32(34)8-4/h7-8,17-24H,3-6,9-16H2,1-2H3. The van der Waals surface area contributed by atoms with Gasteiger partial charge in [-0.15, -0.1) is 0 Å². The lowest BCUT2D eigenvalue weighted by molar-refractivity contribution is -0.129. The fourth-order valence-electron chi connectivity index (χ4n) is 4.16. The van der Waals surface area contributed by atoms with Crippen molar-refractivity contribution < 1.29 is 19.1 Å². The van der Waals surface area contributed by atoms with Gasteiger partial charge in [-0.2, -0.15) is 0 Å². The topological polar surface area (TPSA) is 52.6 Å². The van der Waals surface area contributed by atoms with Crippen LogP contribution in [-0.2, 0) is 9.59 Å². The Bertz CT molecular complexity index is 930. The van der Waals surface area contributed by atoms with E-state index in [1.54, 1.807) is 0 Å². The fraction of sp³-hybridized carbons (Fsp3) is 0.375. The Morgan fingerprint density at radius 2 is 0.972 bits per heavy atom. The first-order chi connectivity index (χ1) is 17.5.